The number of aromatic hydroxyl groups is 1. The van der Waals surface area contributed by atoms with E-state index in [-0.39, 0.29) is 27.1 Å². The van der Waals surface area contributed by atoms with Crippen LogP contribution >= 0.6 is 23.2 Å². The van der Waals surface area contributed by atoms with Crippen molar-refractivity contribution in [2.75, 3.05) is 18.4 Å². The molecular weight excluding hydrogens is 287 g/mol. The molecule has 104 valence electrons. The van der Waals surface area contributed by atoms with Gasteiger partial charge in [-0.25, -0.2) is 0 Å². The molecule has 1 aliphatic rings. The maximum Gasteiger partial charge on any atom is 0.230 e. The molecule has 1 heterocycles. The van der Waals surface area contributed by atoms with Crippen LogP contribution in [0, 0.1) is 5.41 Å². The highest BCUT2D eigenvalue weighted by Crippen LogP contribution is 2.36. The second kappa shape index (κ2) is 5.57. The largest absolute Gasteiger partial charge is 0.505 e. The lowest BCUT2D eigenvalue weighted by molar-refractivity contribution is -0.126. The molecule has 0 aliphatic carbocycles. The molecule has 1 aromatic rings. The molecule has 1 fully saturated rings. The van der Waals surface area contributed by atoms with Crippen molar-refractivity contribution >= 4 is 34.8 Å². The van der Waals surface area contributed by atoms with E-state index in [0.717, 1.165) is 25.9 Å². The quantitative estimate of drug-likeness (QED) is 0.736. The zero-order valence-corrected chi connectivity index (χ0v) is 12.1. The normalized spacial score (nSPS) is 18.1. The molecule has 1 saturated heterocycles. The van der Waals surface area contributed by atoms with Crippen LogP contribution in [0.1, 0.15) is 19.8 Å². The highest BCUT2D eigenvalue weighted by atomic mass is 35.5. The van der Waals surface area contributed by atoms with Gasteiger partial charge in [-0.2, -0.15) is 0 Å². The number of hydrogen-bond donors (Lipinski definition) is 3. The smallest absolute Gasteiger partial charge is 0.230 e. The Kier molecular flexibility index (Phi) is 4.23. The summed E-state index contributed by atoms with van der Waals surface area (Å²) >= 11 is 11.7. The molecule has 0 spiro atoms. The summed E-state index contributed by atoms with van der Waals surface area (Å²) in [5.74, 6) is -0.221. The number of anilines is 1. The molecule has 1 aromatic carbocycles. The number of benzene rings is 1. The molecule has 0 bridgehead atoms. The fourth-order valence-corrected chi connectivity index (χ4v) is 2.61. The average Bonchev–Trinajstić information content (AvgIpc) is 2.36. The van der Waals surface area contributed by atoms with E-state index in [1.54, 1.807) is 0 Å². The monoisotopic (exact) mass is 302 g/mol. The zero-order valence-electron chi connectivity index (χ0n) is 10.6. The van der Waals surface area contributed by atoms with E-state index < -0.39 is 0 Å². The Bertz CT molecular complexity index is 476. The lowest BCUT2D eigenvalue weighted by atomic mass is 9.80. The number of rotatable bonds is 2. The maximum atomic E-state index is 12.3. The van der Waals surface area contributed by atoms with Gasteiger partial charge in [0.2, 0.25) is 5.91 Å². The van der Waals surface area contributed by atoms with Crippen LogP contribution in [0.15, 0.2) is 12.1 Å². The highest BCUT2D eigenvalue weighted by molar-refractivity contribution is 6.37. The molecule has 0 radical (unpaired) electrons. The van der Waals surface area contributed by atoms with E-state index >= 15 is 0 Å². The SMILES string of the molecule is CC1(C(=O)Nc2cc(Cl)c(O)c(Cl)c2)CCNCC1. The molecule has 1 amide bonds. The first-order valence-electron chi connectivity index (χ1n) is 6.12. The van der Waals surface area contributed by atoms with E-state index in [4.69, 9.17) is 23.2 Å². The Morgan fingerprint density at radius 3 is 2.37 bits per heavy atom. The molecule has 1 aliphatic heterocycles. The van der Waals surface area contributed by atoms with Gasteiger partial charge in [-0.1, -0.05) is 30.1 Å². The lowest BCUT2D eigenvalue weighted by Crippen LogP contribution is -2.42. The van der Waals surface area contributed by atoms with Gasteiger partial charge in [0.1, 0.15) is 0 Å². The Hall–Kier alpha value is -0.970. The van der Waals surface area contributed by atoms with E-state index in [2.05, 4.69) is 10.6 Å². The number of nitrogens with one attached hydrogen (secondary N) is 2. The summed E-state index contributed by atoms with van der Waals surface area (Å²) in [6, 6.07) is 2.98. The summed E-state index contributed by atoms with van der Waals surface area (Å²) in [4.78, 5) is 12.3. The van der Waals surface area contributed by atoms with Gasteiger partial charge in [0, 0.05) is 11.1 Å². The summed E-state index contributed by atoms with van der Waals surface area (Å²) in [5.41, 5.74) is 0.111. The molecule has 2 rings (SSSR count). The van der Waals surface area contributed by atoms with Gasteiger partial charge in [-0.05, 0) is 38.1 Å². The average molecular weight is 303 g/mol. The number of carbonyl (C=O) groups is 1. The number of carbonyl (C=O) groups excluding carboxylic acids is 1. The van der Waals surface area contributed by atoms with Crippen molar-refractivity contribution in [2.24, 2.45) is 5.41 Å². The second-order valence-corrected chi connectivity index (χ2v) is 5.87. The van der Waals surface area contributed by atoms with Gasteiger partial charge >= 0.3 is 0 Å². The van der Waals surface area contributed by atoms with Gasteiger partial charge in [-0.3, -0.25) is 4.79 Å². The summed E-state index contributed by atoms with van der Waals surface area (Å²) in [5, 5.41) is 15.8. The fourth-order valence-electron chi connectivity index (χ4n) is 2.13. The third-order valence-electron chi connectivity index (χ3n) is 3.53. The topological polar surface area (TPSA) is 61.4 Å². The summed E-state index contributed by atoms with van der Waals surface area (Å²) in [7, 11) is 0. The first-order valence-corrected chi connectivity index (χ1v) is 6.88. The molecule has 19 heavy (non-hydrogen) atoms. The summed E-state index contributed by atoms with van der Waals surface area (Å²) in [6.07, 6.45) is 1.58. The summed E-state index contributed by atoms with van der Waals surface area (Å²) in [6.45, 7) is 3.62. The fraction of sp³-hybridized carbons (Fsp3) is 0.462. The number of piperidine rings is 1. The molecule has 3 N–H and O–H groups in total. The molecule has 0 saturated carbocycles. The second-order valence-electron chi connectivity index (χ2n) is 5.05. The zero-order chi connectivity index (χ0) is 14.0. The Morgan fingerprint density at radius 2 is 1.84 bits per heavy atom. The number of amides is 1. The third-order valence-corrected chi connectivity index (χ3v) is 4.11. The van der Waals surface area contributed by atoms with Crippen molar-refractivity contribution in [3.05, 3.63) is 22.2 Å². The van der Waals surface area contributed by atoms with Crippen LogP contribution in [-0.4, -0.2) is 24.1 Å². The van der Waals surface area contributed by atoms with Crippen LogP contribution in [0.3, 0.4) is 0 Å². The number of hydrogen-bond acceptors (Lipinski definition) is 3. The van der Waals surface area contributed by atoms with Crippen LogP contribution in [-0.2, 0) is 4.79 Å². The third kappa shape index (κ3) is 3.14. The van der Waals surface area contributed by atoms with Crippen LogP contribution < -0.4 is 10.6 Å². The molecule has 6 heteroatoms. The first-order chi connectivity index (χ1) is 8.92. The van der Waals surface area contributed by atoms with Crippen molar-refractivity contribution in [3.8, 4) is 5.75 Å². The number of phenols is 1. The minimum atomic E-state index is -0.387. The predicted molar refractivity (Wildman–Crippen MR) is 77.0 cm³/mol. The van der Waals surface area contributed by atoms with Gasteiger partial charge in [0.25, 0.3) is 0 Å². The van der Waals surface area contributed by atoms with Crippen LogP contribution in [0.5, 0.6) is 5.75 Å². The van der Waals surface area contributed by atoms with E-state index in [9.17, 15) is 9.90 Å². The molecule has 4 nitrogen and oxygen atoms in total. The Labute approximate surface area is 122 Å². The van der Waals surface area contributed by atoms with Gasteiger partial charge in [0.05, 0.1) is 10.0 Å². The van der Waals surface area contributed by atoms with Crippen molar-refractivity contribution in [2.45, 2.75) is 19.8 Å². The number of halogens is 2. The van der Waals surface area contributed by atoms with Crippen LogP contribution in [0.2, 0.25) is 10.0 Å². The maximum absolute atomic E-state index is 12.3. The number of phenolic OH excluding ortho intramolecular Hbond substituents is 1. The van der Waals surface area contributed by atoms with Gasteiger partial charge in [0.15, 0.2) is 5.75 Å². The van der Waals surface area contributed by atoms with Crippen molar-refractivity contribution in [3.63, 3.8) is 0 Å². The lowest BCUT2D eigenvalue weighted by Gasteiger charge is -2.32. The summed E-state index contributed by atoms with van der Waals surface area (Å²) < 4.78 is 0. The minimum Gasteiger partial charge on any atom is -0.505 e. The molecule has 0 unspecified atom stereocenters. The van der Waals surface area contributed by atoms with Gasteiger partial charge in [-0.15, -0.1) is 0 Å². The molecule has 0 aromatic heterocycles. The van der Waals surface area contributed by atoms with Crippen LogP contribution in [0.4, 0.5) is 5.69 Å². The van der Waals surface area contributed by atoms with Gasteiger partial charge < -0.3 is 15.7 Å². The van der Waals surface area contributed by atoms with E-state index in [1.807, 2.05) is 6.92 Å². The van der Waals surface area contributed by atoms with Crippen molar-refractivity contribution < 1.29 is 9.90 Å². The Morgan fingerprint density at radius 1 is 1.32 bits per heavy atom. The van der Waals surface area contributed by atoms with E-state index in [0.29, 0.717) is 5.69 Å². The molecule has 0 atom stereocenters. The minimum absolute atomic E-state index is 0.0492. The van der Waals surface area contributed by atoms with Crippen molar-refractivity contribution in [1.29, 1.82) is 0 Å². The Balaban J connectivity index is 2.14. The standard InChI is InChI=1S/C13H16Cl2N2O2/c1-13(2-4-16-5-3-13)12(19)17-8-6-9(14)11(18)10(15)7-8/h6-7,16,18H,2-5H2,1H3,(H,17,19). The molecular formula is C13H16Cl2N2O2. The van der Waals surface area contributed by atoms with Crippen LogP contribution in [0.25, 0.3) is 0 Å². The predicted octanol–water partition coefficient (Wildman–Crippen LogP) is 3.03. The highest BCUT2D eigenvalue weighted by Gasteiger charge is 2.34. The first kappa shape index (κ1) is 14.4. The van der Waals surface area contributed by atoms with Crippen molar-refractivity contribution in [1.82, 2.24) is 5.32 Å². The van der Waals surface area contributed by atoms with E-state index in [1.165, 1.54) is 12.1 Å².